The molecule has 0 bridgehead atoms. The summed E-state index contributed by atoms with van der Waals surface area (Å²) in [7, 11) is 0. The number of carbonyl (C=O) groups is 1. The molecule has 1 N–H and O–H groups in total. The maximum Gasteiger partial charge on any atom is 0.302 e. The van der Waals surface area contributed by atoms with Crippen LogP contribution in [0.2, 0.25) is 0 Å². The maximum atomic E-state index is 10.7. The zero-order valence-electron chi connectivity index (χ0n) is 9.12. The molecule has 80 valence electrons. The number of rotatable bonds is 6. The van der Waals surface area contributed by atoms with E-state index in [1.165, 1.54) is 13.1 Å². The number of hydrogen-bond acceptors (Lipinski definition) is 3. The number of carbonyl (C=O) groups excluding carboxylic acids is 1. The molecule has 2 atom stereocenters. The van der Waals surface area contributed by atoms with E-state index in [0.717, 1.165) is 6.42 Å². The topological polar surface area (TPSA) is 50.2 Å². The number of nitrogens with one attached hydrogen (secondary N) is 1. The van der Waals surface area contributed by atoms with Crippen LogP contribution >= 0.6 is 0 Å². The van der Waals surface area contributed by atoms with Gasteiger partial charge in [-0.3, -0.25) is 4.79 Å². The van der Waals surface area contributed by atoms with Gasteiger partial charge in [-0.25, -0.2) is 0 Å². The second-order valence-electron chi connectivity index (χ2n) is 3.44. The largest absolute Gasteiger partial charge is 0.463 e. The van der Waals surface area contributed by atoms with Gasteiger partial charge < -0.3 is 10.1 Å². The van der Waals surface area contributed by atoms with Crippen molar-refractivity contribution >= 4 is 12.2 Å². The second-order valence-corrected chi connectivity index (χ2v) is 3.44. The monoisotopic (exact) mass is 197 g/mol. The van der Waals surface area contributed by atoms with Crippen LogP contribution in [0.3, 0.4) is 0 Å². The fraction of sp³-hybridized carbons (Fsp3) is 0.636. The van der Waals surface area contributed by atoms with E-state index in [9.17, 15) is 4.79 Å². The molecule has 0 aliphatic carbocycles. The summed E-state index contributed by atoms with van der Waals surface area (Å²) in [6.07, 6.45) is 6.84. The third-order valence-electron chi connectivity index (χ3n) is 2.08. The summed E-state index contributed by atoms with van der Waals surface area (Å²) in [5, 5.41) is 6.82. The van der Waals surface area contributed by atoms with Crippen molar-refractivity contribution in [2.24, 2.45) is 5.92 Å². The summed E-state index contributed by atoms with van der Waals surface area (Å²) in [5.41, 5.74) is 0. The molecule has 0 saturated carbocycles. The smallest absolute Gasteiger partial charge is 0.302 e. The van der Waals surface area contributed by atoms with Gasteiger partial charge in [0.2, 0.25) is 0 Å². The Morgan fingerprint density at radius 2 is 2.07 bits per heavy atom. The Balaban J connectivity index is 3.76. The normalized spacial score (nSPS) is 15.1. The van der Waals surface area contributed by atoms with Crippen LogP contribution in [-0.4, -0.2) is 18.3 Å². The van der Waals surface area contributed by atoms with Crippen molar-refractivity contribution in [2.75, 3.05) is 0 Å². The lowest BCUT2D eigenvalue weighted by Crippen LogP contribution is -2.20. The highest BCUT2D eigenvalue weighted by Gasteiger charge is 2.12. The summed E-state index contributed by atoms with van der Waals surface area (Å²) in [6, 6.07) is 0. The first-order valence-corrected chi connectivity index (χ1v) is 4.89. The Morgan fingerprint density at radius 1 is 1.43 bits per heavy atom. The van der Waals surface area contributed by atoms with Crippen LogP contribution in [-0.2, 0) is 9.53 Å². The molecule has 0 radical (unpaired) electrons. The van der Waals surface area contributed by atoms with E-state index in [0.29, 0.717) is 12.3 Å². The van der Waals surface area contributed by atoms with Gasteiger partial charge in [-0.15, -0.1) is 0 Å². The molecule has 0 aromatic carbocycles. The van der Waals surface area contributed by atoms with E-state index in [4.69, 9.17) is 10.1 Å². The van der Waals surface area contributed by atoms with Gasteiger partial charge >= 0.3 is 5.97 Å². The molecular formula is C11H19NO2. The fourth-order valence-electron chi connectivity index (χ4n) is 1.04. The van der Waals surface area contributed by atoms with Crippen LogP contribution in [0.25, 0.3) is 0 Å². The average Bonchev–Trinajstić information content (AvgIpc) is 2.11. The lowest BCUT2D eigenvalue weighted by atomic mass is 10.0. The molecule has 0 spiro atoms. The van der Waals surface area contributed by atoms with Crippen LogP contribution in [0, 0.1) is 11.3 Å². The number of hydrogen-bond donors (Lipinski definition) is 1. The van der Waals surface area contributed by atoms with E-state index >= 15 is 0 Å². The van der Waals surface area contributed by atoms with Gasteiger partial charge in [0, 0.05) is 6.92 Å². The molecule has 0 aliphatic heterocycles. The summed E-state index contributed by atoms with van der Waals surface area (Å²) >= 11 is 0. The highest BCUT2D eigenvalue weighted by Crippen LogP contribution is 2.12. The molecule has 0 fully saturated rings. The summed E-state index contributed by atoms with van der Waals surface area (Å²) < 4.78 is 5.05. The molecule has 14 heavy (non-hydrogen) atoms. The SMILES string of the molecule is CC(=O)OC(C)C(C)CC=CCC=N. The molecule has 3 nitrogen and oxygen atoms in total. The molecule has 0 saturated heterocycles. The second kappa shape index (κ2) is 7.30. The standard InChI is InChI=1S/C11H19NO2/c1-9(7-5-4-6-8-12)10(2)14-11(3)13/h4-5,8-10,12H,6-7H2,1-3H3. The molecule has 0 rings (SSSR count). The van der Waals surface area contributed by atoms with E-state index < -0.39 is 0 Å². The first kappa shape index (κ1) is 12.9. The zero-order chi connectivity index (χ0) is 11.0. The molecule has 0 aromatic heterocycles. The van der Waals surface area contributed by atoms with Gasteiger partial charge in [-0.2, -0.15) is 0 Å². The number of ether oxygens (including phenoxy) is 1. The molecule has 2 unspecified atom stereocenters. The Morgan fingerprint density at radius 3 is 2.57 bits per heavy atom. The van der Waals surface area contributed by atoms with Crippen molar-refractivity contribution in [2.45, 2.75) is 39.7 Å². The third kappa shape index (κ3) is 6.40. The average molecular weight is 197 g/mol. The van der Waals surface area contributed by atoms with E-state index in [1.807, 2.05) is 26.0 Å². The number of allylic oxidation sites excluding steroid dienone is 2. The van der Waals surface area contributed by atoms with Crippen LogP contribution < -0.4 is 0 Å². The lowest BCUT2D eigenvalue weighted by Gasteiger charge is -2.17. The minimum absolute atomic E-state index is 0.0443. The number of esters is 1. The third-order valence-corrected chi connectivity index (χ3v) is 2.08. The van der Waals surface area contributed by atoms with E-state index in [2.05, 4.69) is 0 Å². The van der Waals surface area contributed by atoms with Crippen molar-refractivity contribution < 1.29 is 9.53 Å². The van der Waals surface area contributed by atoms with E-state index in [1.54, 1.807) is 0 Å². The molecule has 0 amide bonds. The van der Waals surface area contributed by atoms with Gasteiger partial charge in [-0.05, 0) is 31.9 Å². The summed E-state index contributed by atoms with van der Waals surface area (Å²) in [5.74, 6) is 0.0914. The summed E-state index contributed by atoms with van der Waals surface area (Å²) in [6.45, 7) is 5.37. The molecule has 0 aliphatic rings. The highest BCUT2D eigenvalue weighted by molar-refractivity contribution is 5.66. The van der Waals surface area contributed by atoms with Crippen molar-refractivity contribution in [1.82, 2.24) is 0 Å². The minimum atomic E-state index is -0.229. The molecule has 0 heterocycles. The van der Waals surface area contributed by atoms with E-state index in [-0.39, 0.29) is 12.1 Å². The zero-order valence-corrected chi connectivity index (χ0v) is 9.12. The van der Waals surface area contributed by atoms with Crippen molar-refractivity contribution in [3.63, 3.8) is 0 Å². The fourth-order valence-corrected chi connectivity index (χ4v) is 1.04. The van der Waals surface area contributed by atoms with Gasteiger partial charge in [0.05, 0.1) is 0 Å². The predicted octanol–water partition coefficient (Wildman–Crippen LogP) is 2.56. The first-order chi connectivity index (χ1) is 6.57. The van der Waals surface area contributed by atoms with Gasteiger partial charge in [0.25, 0.3) is 0 Å². The Hall–Kier alpha value is -1.12. The Labute approximate surface area is 85.7 Å². The van der Waals surface area contributed by atoms with Crippen molar-refractivity contribution in [3.8, 4) is 0 Å². The Bertz CT molecular complexity index is 211. The lowest BCUT2D eigenvalue weighted by molar-refractivity contribution is -0.147. The van der Waals surface area contributed by atoms with Crippen LogP contribution in [0.15, 0.2) is 12.2 Å². The van der Waals surface area contributed by atoms with Crippen LogP contribution in [0.5, 0.6) is 0 Å². The molecule has 3 heteroatoms. The predicted molar refractivity (Wildman–Crippen MR) is 57.5 cm³/mol. The maximum absolute atomic E-state index is 10.7. The van der Waals surface area contributed by atoms with Crippen molar-refractivity contribution in [3.05, 3.63) is 12.2 Å². The Kier molecular flexibility index (Phi) is 6.72. The van der Waals surface area contributed by atoms with Gasteiger partial charge in [-0.1, -0.05) is 19.1 Å². The van der Waals surface area contributed by atoms with Crippen molar-refractivity contribution in [1.29, 1.82) is 5.41 Å². The van der Waals surface area contributed by atoms with Gasteiger partial charge in [0.15, 0.2) is 0 Å². The molecular weight excluding hydrogens is 178 g/mol. The van der Waals surface area contributed by atoms with Crippen LogP contribution in [0.4, 0.5) is 0 Å². The summed E-state index contributed by atoms with van der Waals surface area (Å²) in [4.78, 5) is 10.7. The minimum Gasteiger partial charge on any atom is -0.463 e. The first-order valence-electron chi connectivity index (χ1n) is 4.89. The highest BCUT2D eigenvalue weighted by atomic mass is 16.5. The van der Waals surface area contributed by atoms with Gasteiger partial charge in [0.1, 0.15) is 6.10 Å². The van der Waals surface area contributed by atoms with Crippen LogP contribution in [0.1, 0.15) is 33.6 Å². The molecule has 0 aromatic rings. The quantitative estimate of drug-likeness (QED) is 0.404.